The van der Waals surface area contributed by atoms with Gasteiger partial charge in [0.15, 0.2) is 5.78 Å². The van der Waals surface area contributed by atoms with Crippen LogP contribution in [0.4, 0.5) is 10.5 Å². The molecule has 1 aromatic carbocycles. The summed E-state index contributed by atoms with van der Waals surface area (Å²) in [6.07, 6.45) is 2.34. The Morgan fingerprint density at radius 3 is 2.39 bits per heavy atom. The molecule has 0 heterocycles. The van der Waals surface area contributed by atoms with Crippen molar-refractivity contribution in [2.45, 2.75) is 52.1 Å². The number of rotatable bonds is 12. The van der Waals surface area contributed by atoms with Crippen LogP contribution >= 0.6 is 0 Å². The fraction of sp³-hybridized carbons (Fsp3) is 0.545. The number of nitrogens with one attached hydrogen (secondary N) is 2. The van der Waals surface area contributed by atoms with Gasteiger partial charge in [-0.1, -0.05) is 18.6 Å². The summed E-state index contributed by atoms with van der Waals surface area (Å²) in [6.45, 7) is 2.06. The van der Waals surface area contributed by atoms with Crippen LogP contribution in [0, 0.1) is 11.3 Å². The number of amides is 3. The molecule has 0 unspecified atom stereocenters. The number of hydrogen-bond donors (Lipinski definition) is 4. The Bertz CT molecular complexity index is 789. The third-order valence-electron chi connectivity index (χ3n) is 5.64. The molecule has 0 saturated heterocycles. The number of anilines is 1. The molecule has 170 valence electrons. The van der Waals surface area contributed by atoms with E-state index >= 15 is 0 Å². The van der Waals surface area contributed by atoms with Crippen LogP contribution in [-0.2, 0) is 25.7 Å². The molecule has 0 aromatic heterocycles. The second-order valence-electron chi connectivity index (χ2n) is 7.76. The Morgan fingerprint density at radius 1 is 1.19 bits per heavy atom. The third kappa shape index (κ3) is 6.52. The molecular weight excluding hydrogens is 402 g/mol. The number of urea groups is 1. The van der Waals surface area contributed by atoms with E-state index in [4.69, 9.17) is 15.6 Å². The maximum absolute atomic E-state index is 13.1. The van der Waals surface area contributed by atoms with E-state index in [9.17, 15) is 19.2 Å². The van der Waals surface area contributed by atoms with Crippen LogP contribution in [0.25, 0.3) is 0 Å². The zero-order valence-corrected chi connectivity index (χ0v) is 17.8. The van der Waals surface area contributed by atoms with Gasteiger partial charge in [0, 0.05) is 24.6 Å². The molecule has 1 aliphatic carbocycles. The van der Waals surface area contributed by atoms with Crippen molar-refractivity contribution in [1.29, 1.82) is 0 Å². The molecule has 9 nitrogen and oxygen atoms in total. The van der Waals surface area contributed by atoms with E-state index in [0.29, 0.717) is 36.9 Å². The number of esters is 1. The van der Waals surface area contributed by atoms with Crippen LogP contribution < -0.4 is 16.4 Å². The number of hydrogen-bond acceptors (Lipinski definition) is 6. The molecule has 1 aliphatic rings. The van der Waals surface area contributed by atoms with Gasteiger partial charge >= 0.3 is 12.0 Å². The monoisotopic (exact) mass is 433 g/mol. The average molecular weight is 434 g/mol. The summed E-state index contributed by atoms with van der Waals surface area (Å²) < 4.78 is 5.11. The Labute approximate surface area is 181 Å². The number of carbonyl (C=O) groups excluding carboxylic acids is 4. The molecule has 9 heteroatoms. The van der Waals surface area contributed by atoms with Gasteiger partial charge in [-0.05, 0) is 50.3 Å². The van der Waals surface area contributed by atoms with E-state index in [2.05, 4.69) is 10.6 Å². The van der Waals surface area contributed by atoms with Gasteiger partial charge in [-0.15, -0.1) is 0 Å². The number of aliphatic hydroxyl groups excluding tert-OH is 1. The lowest BCUT2D eigenvalue weighted by atomic mass is 9.64. The molecule has 0 radical (unpaired) electrons. The van der Waals surface area contributed by atoms with Crippen molar-refractivity contribution in [3.05, 3.63) is 29.8 Å². The van der Waals surface area contributed by atoms with Gasteiger partial charge in [-0.25, -0.2) is 4.79 Å². The second kappa shape index (κ2) is 11.5. The number of ketones is 1. The summed E-state index contributed by atoms with van der Waals surface area (Å²) in [7, 11) is 0. The first-order chi connectivity index (χ1) is 14.8. The first-order valence-corrected chi connectivity index (χ1v) is 10.6. The van der Waals surface area contributed by atoms with Gasteiger partial charge in [0.25, 0.3) is 0 Å². The van der Waals surface area contributed by atoms with Crippen LogP contribution in [0.15, 0.2) is 24.3 Å². The molecule has 2 rings (SSSR count). The molecule has 1 saturated carbocycles. The lowest BCUT2D eigenvalue weighted by molar-refractivity contribution is -0.167. The summed E-state index contributed by atoms with van der Waals surface area (Å²) in [5, 5.41) is 14.4. The first kappa shape index (κ1) is 24.3. The maximum atomic E-state index is 13.1. The number of carbonyl (C=O) groups is 4. The number of nitrogens with two attached hydrogens (primary N) is 1. The summed E-state index contributed by atoms with van der Waals surface area (Å²) in [5.74, 6) is -1.81. The lowest BCUT2D eigenvalue weighted by Crippen LogP contribution is -2.47. The standard InChI is InChI=1S/C22H31N3O6/c1-2-31-20(29)22(10-4-11-22)18(27)13-16(5-3-12-24-21(23)30)19(28)25-17-8-6-15(14-26)7-9-17/h6-9,16,26H,2-5,10-14H2,1H3,(H,25,28)(H3,23,24,30)/t16-/m1/s1. The highest BCUT2D eigenvalue weighted by molar-refractivity contribution is 6.06. The minimum absolute atomic E-state index is 0.0874. The highest BCUT2D eigenvalue weighted by Crippen LogP contribution is 2.44. The van der Waals surface area contributed by atoms with E-state index in [1.165, 1.54) is 0 Å². The van der Waals surface area contributed by atoms with E-state index in [-0.39, 0.29) is 37.9 Å². The van der Waals surface area contributed by atoms with Crippen molar-refractivity contribution in [2.75, 3.05) is 18.5 Å². The second-order valence-corrected chi connectivity index (χ2v) is 7.76. The molecule has 3 amide bonds. The predicted octanol–water partition coefficient (Wildman–Crippen LogP) is 1.87. The zero-order valence-electron chi connectivity index (χ0n) is 17.8. The van der Waals surface area contributed by atoms with Gasteiger partial charge in [-0.3, -0.25) is 14.4 Å². The van der Waals surface area contributed by atoms with Crippen molar-refractivity contribution in [3.8, 4) is 0 Å². The van der Waals surface area contributed by atoms with Gasteiger partial charge in [0.1, 0.15) is 5.41 Å². The molecule has 0 spiro atoms. The summed E-state index contributed by atoms with van der Waals surface area (Å²) in [4.78, 5) is 49.2. The lowest BCUT2D eigenvalue weighted by Gasteiger charge is -2.38. The van der Waals surface area contributed by atoms with Crippen molar-refractivity contribution in [2.24, 2.45) is 17.1 Å². The summed E-state index contributed by atoms with van der Waals surface area (Å²) in [5.41, 5.74) is 5.17. The van der Waals surface area contributed by atoms with Gasteiger partial charge in [0.05, 0.1) is 13.2 Å². The topological polar surface area (TPSA) is 148 Å². The highest BCUT2D eigenvalue weighted by Gasteiger charge is 2.52. The molecule has 1 aromatic rings. The van der Waals surface area contributed by atoms with Gasteiger partial charge in [0.2, 0.25) is 5.91 Å². The van der Waals surface area contributed by atoms with E-state index in [0.717, 1.165) is 6.42 Å². The van der Waals surface area contributed by atoms with Crippen LogP contribution in [0.2, 0.25) is 0 Å². The fourth-order valence-electron chi connectivity index (χ4n) is 3.64. The van der Waals surface area contributed by atoms with E-state index in [1.807, 2.05) is 0 Å². The predicted molar refractivity (Wildman–Crippen MR) is 114 cm³/mol. The third-order valence-corrected chi connectivity index (χ3v) is 5.64. The molecule has 1 fully saturated rings. The van der Waals surface area contributed by atoms with Crippen molar-refractivity contribution in [1.82, 2.24) is 5.32 Å². The fourth-order valence-corrected chi connectivity index (χ4v) is 3.64. The van der Waals surface area contributed by atoms with Crippen molar-refractivity contribution < 1.29 is 29.0 Å². The van der Waals surface area contributed by atoms with Crippen LogP contribution in [0.3, 0.4) is 0 Å². The maximum Gasteiger partial charge on any atom is 0.319 e. The summed E-state index contributed by atoms with van der Waals surface area (Å²) >= 11 is 0. The van der Waals surface area contributed by atoms with Crippen LogP contribution in [0.1, 0.15) is 51.0 Å². The van der Waals surface area contributed by atoms with E-state index < -0.39 is 23.3 Å². The average Bonchev–Trinajstić information content (AvgIpc) is 2.70. The molecule has 0 aliphatic heterocycles. The Kier molecular flexibility index (Phi) is 8.99. The molecular formula is C22H31N3O6. The zero-order chi connectivity index (χ0) is 22.9. The van der Waals surface area contributed by atoms with Gasteiger partial charge < -0.3 is 26.2 Å². The number of aliphatic hydroxyl groups is 1. The molecule has 1 atom stereocenters. The van der Waals surface area contributed by atoms with Crippen LogP contribution in [0.5, 0.6) is 0 Å². The number of benzene rings is 1. The van der Waals surface area contributed by atoms with Crippen molar-refractivity contribution >= 4 is 29.4 Å². The van der Waals surface area contributed by atoms with Crippen molar-refractivity contribution in [3.63, 3.8) is 0 Å². The Morgan fingerprint density at radius 2 is 1.87 bits per heavy atom. The molecule has 5 N–H and O–H groups in total. The normalized spacial score (nSPS) is 15.3. The Balaban J connectivity index is 2.08. The smallest absolute Gasteiger partial charge is 0.319 e. The van der Waals surface area contributed by atoms with E-state index in [1.54, 1.807) is 31.2 Å². The number of ether oxygens (including phenoxy) is 1. The van der Waals surface area contributed by atoms with Gasteiger partial charge in [-0.2, -0.15) is 0 Å². The molecule has 31 heavy (non-hydrogen) atoms. The summed E-state index contributed by atoms with van der Waals surface area (Å²) in [6, 6.07) is 6.07. The highest BCUT2D eigenvalue weighted by atomic mass is 16.5. The largest absolute Gasteiger partial charge is 0.465 e. The van der Waals surface area contributed by atoms with Crippen LogP contribution in [-0.4, -0.2) is 41.9 Å². The quantitative estimate of drug-likeness (QED) is 0.225. The first-order valence-electron chi connectivity index (χ1n) is 10.6. The molecule has 0 bridgehead atoms. The SMILES string of the molecule is CCOC(=O)C1(C(=O)C[C@@H](CCCNC(N)=O)C(=O)Nc2ccc(CO)cc2)CCC1. The minimum atomic E-state index is -1.15. The Hall–Kier alpha value is -2.94. The number of primary amides is 1. The number of Topliss-reactive ketones (excluding diaryl/α,β-unsaturated/α-hetero) is 1. The minimum Gasteiger partial charge on any atom is -0.465 e.